The summed E-state index contributed by atoms with van der Waals surface area (Å²) in [6.07, 6.45) is 0.444. The van der Waals surface area contributed by atoms with Crippen LogP contribution in [-0.2, 0) is 5.54 Å². The molecular weight excluding hydrogens is 260 g/mol. The summed E-state index contributed by atoms with van der Waals surface area (Å²) in [5.41, 5.74) is 6.15. The Hall–Kier alpha value is -1.94. The molecule has 0 radical (unpaired) electrons. The molecule has 2 rings (SSSR count). The van der Waals surface area contributed by atoms with Gasteiger partial charge in [-0.15, -0.1) is 0 Å². The molecule has 4 heteroatoms. The predicted molar refractivity (Wildman–Crippen MR) is 74.6 cm³/mol. The predicted octanol–water partition coefficient (Wildman–Crippen LogP) is 3.59. The molecule has 0 aliphatic heterocycles. The minimum absolute atomic E-state index is 0.325. The minimum atomic E-state index is -1.07. The Morgan fingerprint density at radius 2 is 1.90 bits per heavy atom. The van der Waals surface area contributed by atoms with E-state index in [0.717, 1.165) is 0 Å². The van der Waals surface area contributed by atoms with Crippen LogP contribution in [0.3, 0.4) is 0 Å². The van der Waals surface area contributed by atoms with Crippen molar-refractivity contribution in [2.75, 3.05) is 7.11 Å². The van der Waals surface area contributed by atoms with Gasteiger partial charge in [0.2, 0.25) is 0 Å². The summed E-state index contributed by atoms with van der Waals surface area (Å²) in [5, 5.41) is 0. The average Bonchev–Trinajstić information content (AvgIpc) is 2.46. The van der Waals surface area contributed by atoms with Crippen LogP contribution in [0.1, 0.15) is 24.5 Å². The lowest BCUT2D eigenvalue weighted by Crippen LogP contribution is -2.38. The molecule has 0 amide bonds. The van der Waals surface area contributed by atoms with Gasteiger partial charge in [-0.3, -0.25) is 0 Å². The molecule has 0 fully saturated rings. The largest absolute Gasteiger partial charge is 0.497 e. The van der Waals surface area contributed by atoms with Crippen molar-refractivity contribution in [3.05, 3.63) is 65.2 Å². The fourth-order valence-electron chi connectivity index (χ4n) is 2.30. The van der Waals surface area contributed by atoms with Crippen LogP contribution in [0.5, 0.6) is 5.75 Å². The fraction of sp³-hybridized carbons (Fsp3) is 0.250. The van der Waals surface area contributed by atoms with Crippen LogP contribution in [0.15, 0.2) is 42.5 Å². The van der Waals surface area contributed by atoms with E-state index in [-0.39, 0.29) is 5.82 Å². The van der Waals surface area contributed by atoms with Crippen molar-refractivity contribution in [3.63, 3.8) is 0 Å². The summed E-state index contributed by atoms with van der Waals surface area (Å²) in [7, 11) is 1.47. The zero-order valence-electron chi connectivity index (χ0n) is 11.5. The summed E-state index contributed by atoms with van der Waals surface area (Å²) < 4.78 is 32.6. The van der Waals surface area contributed by atoms with Crippen LogP contribution >= 0.6 is 0 Å². The van der Waals surface area contributed by atoms with Gasteiger partial charge >= 0.3 is 0 Å². The van der Waals surface area contributed by atoms with Crippen molar-refractivity contribution < 1.29 is 13.5 Å². The van der Waals surface area contributed by atoms with Crippen molar-refractivity contribution in [3.8, 4) is 5.75 Å². The second-order valence-electron chi connectivity index (χ2n) is 4.68. The molecule has 0 saturated carbocycles. The molecule has 0 aliphatic carbocycles. The highest BCUT2D eigenvalue weighted by atomic mass is 19.1. The number of hydrogen-bond acceptors (Lipinski definition) is 2. The first-order chi connectivity index (χ1) is 9.51. The van der Waals surface area contributed by atoms with Gasteiger partial charge in [-0.2, -0.15) is 0 Å². The van der Waals surface area contributed by atoms with Crippen LogP contribution < -0.4 is 10.5 Å². The Labute approximate surface area is 117 Å². The van der Waals surface area contributed by atoms with Gasteiger partial charge in [-0.1, -0.05) is 25.1 Å². The van der Waals surface area contributed by atoms with E-state index in [0.29, 0.717) is 23.3 Å². The Morgan fingerprint density at radius 1 is 1.15 bits per heavy atom. The highest BCUT2D eigenvalue weighted by Crippen LogP contribution is 2.33. The van der Waals surface area contributed by atoms with Crippen LogP contribution in [0.25, 0.3) is 0 Å². The Balaban J connectivity index is 2.56. The molecule has 106 valence electrons. The number of methoxy groups -OCH3 is 1. The number of ether oxygens (including phenoxy) is 1. The molecule has 1 atom stereocenters. The quantitative estimate of drug-likeness (QED) is 0.927. The van der Waals surface area contributed by atoms with Gasteiger partial charge in [0.05, 0.1) is 12.6 Å². The highest BCUT2D eigenvalue weighted by molar-refractivity contribution is 5.41. The van der Waals surface area contributed by atoms with E-state index in [1.165, 1.54) is 25.3 Å². The van der Waals surface area contributed by atoms with Gasteiger partial charge in [0.1, 0.15) is 17.4 Å². The van der Waals surface area contributed by atoms with Gasteiger partial charge in [-0.05, 0) is 30.2 Å². The lowest BCUT2D eigenvalue weighted by Gasteiger charge is -2.30. The number of nitrogens with two attached hydrogens (primary N) is 1. The third-order valence-corrected chi connectivity index (χ3v) is 3.55. The van der Waals surface area contributed by atoms with E-state index in [2.05, 4.69) is 0 Å². The van der Waals surface area contributed by atoms with Gasteiger partial charge in [-0.25, -0.2) is 8.78 Å². The lowest BCUT2D eigenvalue weighted by atomic mass is 9.81. The molecule has 20 heavy (non-hydrogen) atoms. The van der Waals surface area contributed by atoms with E-state index in [9.17, 15) is 8.78 Å². The monoisotopic (exact) mass is 277 g/mol. The van der Waals surface area contributed by atoms with Gasteiger partial charge in [0.15, 0.2) is 0 Å². The summed E-state index contributed by atoms with van der Waals surface area (Å²) in [6, 6.07) is 10.5. The van der Waals surface area contributed by atoms with Crippen molar-refractivity contribution >= 4 is 0 Å². The Morgan fingerprint density at radius 3 is 2.45 bits per heavy atom. The number of hydrogen-bond donors (Lipinski definition) is 1. The first kappa shape index (κ1) is 14.5. The van der Waals surface area contributed by atoms with Crippen LogP contribution in [0.2, 0.25) is 0 Å². The van der Waals surface area contributed by atoms with Gasteiger partial charge < -0.3 is 10.5 Å². The molecule has 2 aromatic carbocycles. The molecule has 0 spiro atoms. The van der Waals surface area contributed by atoms with E-state index >= 15 is 0 Å². The molecule has 2 aromatic rings. The standard InChI is InChI=1S/C16H17F2NO/c1-3-16(19,11-5-4-6-12(17)9-11)14-8-7-13(20-2)10-15(14)18/h4-10H,3,19H2,1-2H3. The van der Waals surface area contributed by atoms with Crippen molar-refractivity contribution in [2.24, 2.45) is 5.73 Å². The van der Waals surface area contributed by atoms with Crippen LogP contribution in [0, 0.1) is 11.6 Å². The smallest absolute Gasteiger partial charge is 0.132 e. The van der Waals surface area contributed by atoms with Crippen molar-refractivity contribution in [1.29, 1.82) is 0 Å². The number of rotatable bonds is 4. The fourth-order valence-corrected chi connectivity index (χ4v) is 2.30. The Bertz CT molecular complexity index is 615. The summed E-state index contributed by atoms with van der Waals surface area (Å²) >= 11 is 0. The maximum atomic E-state index is 14.3. The minimum Gasteiger partial charge on any atom is -0.497 e. The molecular formula is C16H17F2NO. The lowest BCUT2D eigenvalue weighted by molar-refractivity contribution is 0.407. The van der Waals surface area contributed by atoms with Gasteiger partial charge in [0.25, 0.3) is 0 Å². The molecule has 0 aliphatic rings. The van der Waals surface area contributed by atoms with Crippen LogP contribution in [0.4, 0.5) is 8.78 Å². The average molecular weight is 277 g/mol. The first-order valence-electron chi connectivity index (χ1n) is 6.40. The van der Waals surface area contributed by atoms with Gasteiger partial charge in [0, 0.05) is 11.6 Å². The maximum Gasteiger partial charge on any atom is 0.132 e. The molecule has 0 heterocycles. The third-order valence-electron chi connectivity index (χ3n) is 3.55. The SMILES string of the molecule is CCC(N)(c1cccc(F)c1)c1ccc(OC)cc1F. The maximum absolute atomic E-state index is 14.3. The molecule has 1 unspecified atom stereocenters. The highest BCUT2D eigenvalue weighted by Gasteiger charge is 2.31. The second-order valence-corrected chi connectivity index (χ2v) is 4.68. The molecule has 2 N–H and O–H groups in total. The van der Waals surface area contributed by atoms with Crippen LogP contribution in [-0.4, -0.2) is 7.11 Å². The van der Waals surface area contributed by atoms with E-state index < -0.39 is 11.4 Å². The summed E-state index contributed by atoms with van der Waals surface area (Å²) in [6.45, 7) is 1.84. The second kappa shape index (κ2) is 5.59. The molecule has 0 aromatic heterocycles. The molecule has 0 saturated heterocycles. The summed E-state index contributed by atoms with van der Waals surface area (Å²) in [5.74, 6) is -0.429. The molecule has 0 bridgehead atoms. The number of benzene rings is 2. The summed E-state index contributed by atoms with van der Waals surface area (Å²) in [4.78, 5) is 0. The van der Waals surface area contributed by atoms with Crippen molar-refractivity contribution in [1.82, 2.24) is 0 Å². The third kappa shape index (κ3) is 2.51. The topological polar surface area (TPSA) is 35.2 Å². The Kier molecular flexibility index (Phi) is 4.04. The zero-order valence-corrected chi connectivity index (χ0v) is 11.5. The van der Waals surface area contributed by atoms with E-state index in [1.54, 1.807) is 24.3 Å². The van der Waals surface area contributed by atoms with E-state index in [1.807, 2.05) is 6.92 Å². The normalized spacial score (nSPS) is 13.8. The first-order valence-corrected chi connectivity index (χ1v) is 6.40. The van der Waals surface area contributed by atoms with Crippen molar-refractivity contribution in [2.45, 2.75) is 18.9 Å². The molecule has 2 nitrogen and oxygen atoms in total. The van der Waals surface area contributed by atoms with E-state index in [4.69, 9.17) is 10.5 Å². The zero-order chi connectivity index (χ0) is 14.8. The number of halogens is 2.